The third kappa shape index (κ3) is 4.56. The van der Waals surface area contributed by atoms with Crippen LogP contribution in [0.4, 0.5) is 0 Å². The maximum atomic E-state index is 6.02. The number of hydrogen-bond acceptors (Lipinski definition) is 4. The average molecular weight is 292 g/mol. The summed E-state index contributed by atoms with van der Waals surface area (Å²) in [6, 6.07) is 2.92. The molecule has 1 atom stereocenters. The highest BCUT2D eigenvalue weighted by molar-refractivity contribution is 5.20. The summed E-state index contributed by atoms with van der Waals surface area (Å²) in [6.45, 7) is 6.85. The highest BCUT2D eigenvalue weighted by Crippen LogP contribution is 2.22. The van der Waals surface area contributed by atoms with Crippen LogP contribution < -0.4 is 5.32 Å². The highest BCUT2D eigenvalue weighted by atomic mass is 16.5. The lowest BCUT2D eigenvalue weighted by Gasteiger charge is -2.26. The molecule has 1 N–H and O–H groups in total. The Bertz CT molecular complexity index is 448. The molecule has 0 aromatic carbocycles. The minimum atomic E-state index is 0.677. The van der Waals surface area contributed by atoms with Crippen LogP contribution in [0.3, 0.4) is 0 Å². The van der Waals surface area contributed by atoms with Crippen LogP contribution in [0, 0.1) is 12.8 Å². The summed E-state index contributed by atoms with van der Waals surface area (Å²) in [5, 5.41) is 3.52. The van der Waals surface area contributed by atoms with Crippen molar-refractivity contribution in [2.45, 2.75) is 51.7 Å². The minimum absolute atomic E-state index is 0.677. The first-order chi connectivity index (χ1) is 10.2. The Morgan fingerprint density at radius 2 is 2.19 bits per heavy atom. The molecule has 1 saturated heterocycles. The molecule has 0 spiro atoms. The molecule has 0 radical (unpaired) electrons. The average Bonchev–Trinajstić information content (AvgIpc) is 3.22. The molecule has 118 valence electrons. The Hall–Kier alpha value is -0.840. The van der Waals surface area contributed by atoms with E-state index in [9.17, 15) is 0 Å². The van der Waals surface area contributed by atoms with Gasteiger partial charge in [0.1, 0.15) is 11.5 Å². The van der Waals surface area contributed by atoms with E-state index in [2.05, 4.69) is 30.3 Å². The van der Waals surface area contributed by atoms with Gasteiger partial charge in [-0.15, -0.1) is 0 Å². The smallest absolute Gasteiger partial charge is 0.120 e. The van der Waals surface area contributed by atoms with Crippen LogP contribution in [0.15, 0.2) is 10.5 Å². The number of rotatable bonds is 7. The van der Waals surface area contributed by atoms with Crippen LogP contribution in [0.1, 0.15) is 42.8 Å². The van der Waals surface area contributed by atoms with Gasteiger partial charge >= 0.3 is 0 Å². The van der Waals surface area contributed by atoms with E-state index in [1.54, 1.807) is 0 Å². The summed E-state index contributed by atoms with van der Waals surface area (Å²) in [6.07, 6.45) is 5.13. The molecule has 1 aliphatic carbocycles. The zero-order valence-electron chi connectivity index (χ0n) is 13.4. The molecule has 2 fully saturated rings. The Morgan fingerprint density at radius 3 is 2.90 bits per heavy atom. The molecule has 0 amide bonds. The first-order valence-corrected chi connectivity index (χ1v) is 8.28. The molecule has 1 saturated carbocycles. The normalized spacial score (nSPS) is 22.9. The summed E-state index contributed by atoms with van der Waals surface area (Å²) < 4.78 is 11.6. The van der Waals surface area contributed by atoms with Gasteiger partial charge in [0, 0.05) is 19.2 Å². The molecule has 0 bridgehead atoms. The highest BCUT2D eigenvalue weighted by Gasteiger charge is 2.21. The number of nitrogens with one attached hydrogen (secondary N) is 1. The van der Waals surface area contributed by atoms with Crippen LogP contribution in [-0.4, -0.2) is 37.7 Å². The SMILES string of the molecule is Cc1cc(CN(C)CC2CCCOC2)oc1CNC1CC1. The molecule has 21 heavy (non-hydrogen) atoms. The molecular formula is C17H28N2O2. The van der Waals surface area contributed by atoms with Crippen molar-refractivity contribution in [3.8, 4) is 0 Å². The third-order valence-corrected chi connectivity index (χ3v) is 4.45. The Kier molecular flexibility index (Phi) is 4.99. The van der Waals surface area contributed by atoms with E-state index in [-0.39, 0.29) is 0 Å². The van der Waals surface area contributed by atoms with E-state index in [1.807, 2.05) is 0 Å². The van der Waals surface area contributed by atoms with Crippen LogP contribution in [0.25, 0.3) is 0 Å². The van der Waals surface area contributed by atoms with Gasteiger partial charge in [-0.1, -0.05) is 0 Å². The van der Waals surface area contributed by atoms with Gasteiger partial charge in [-0.2, -0.15) is 0 Å². The van der Waals surface area contributed by atoms with E-state index in [0.717, 1.165) is 50.4 Å². The lowest BCUT2D eigenvalue weighted by Crippen LogP contribution is -2.30. The molecule has 1 aromatic rings. The van der Waals surface area contributed by atoms with Crippen LogP contribution in [0.5, 0.6) is 0 Å². The number of furan rings is 1. The molecule has 1 unspecified atom stereocenters. The van der Waals surface area contributed by atoms with Crippen molar-refractivity contribution in [3.05, 3.63) is 23.2 Å². The van der Waals surface area contributed by atoms with Crippen molar-refractivity contribution in [3.63, 3.8) is 0 Å². The van der Waals surface area contributed by atoms with Crippen LogP contribution in [0.2, 0.25) is 0 Å². The maximum Gasteiger partial charge on any atom is 0.120 e. The standard InChI is InChI=1S/C17H28N2O2/c1-13-8-16(21-17(13)9-18-15-5-6-15)11-19(2)10-14-4-3-7-20-12-14/h8,14-15,18H,3-7,9-12H2,1-2H3. The van der Waals surface area contributed by atoms with E-state index in [4.69, 9.17) is 9.15 Å². The number of ether oxygens (including phenoxy) is 1. The van der Waals surface area contributed by atoms with Gasteiger partial charge in [-0.05, 0) is 57.2 Å². The molecule has 3 rings (SSSR count). The Balaban J connectivity index is 1.47. The predicted molar refractivity (Wildman–Crippen MR) is 83.2 cm³/mol. The van der Waals surface area contributed by atoms with Crippen LogP contribution >= 0.6 is 0 Å². The summed E-state index contributed by atoms with van der Waals surface area (Å²) in [5.74, 6) is 2.86. The van der Waals surface area contributed by atoms with Crippen molar-refractivity contribution in [1.29, 1.82) is 0 Å². The second kappa shape index (κ2) is 6.95. The van der Waals surface area contributed by atoms with E-state index >= 15 is 0 Å². The number of hydrogen-bond donors (Lipinski definition) is 1. The molecule has 2 heterocycles. The van der Waals surface area contributed by atoms with Gasteiger partial charge in [0.15, 0.2) is 0 Å². The summed E-state index contributed by atoms with van der Waals surface area (Å²) >= 11 is 0. The fraction of sp³-hybridized carbons (Fsp3) is 0.765. The second-order valence-corrected chi connectivity index (χ2v) is 6.75. The summed E-state index contributed by atoms with van der Waals surface area (Å²) in [7, 11) is 2.18. The van der Waals surface area contributed by atoms with E-state index < -0.39 is 0 Å². The van der Waals surface area contributed by atoms with Crippen molar-refractivity contribution in [1.82, 2.24) is 10.2 Å². The van der Waals surface area contributed by atoms with Gasteiger partial charge in [0.25, 0.3) is 0 Å². The van der Waals surface area contributed by atoms with Crippen LogP contribution in [-0.2, 0) is 17.8 Å². The van der Waals surface area contributed by atoms with Crippen molar-refractivity contribution >= 4 is 0 Å². The van der Waals surface area contributed by atoms with Gasteiger partial charge in [-0.25, -0.2) is 0 Å². The fourth-order valence-electron chi connectivity index (χ4n) is 3.09. The topological polar surface area (TPSA) is 37.6 Å². The molecule has 4 nitrogen and oxygen atoms in total. The first-order valence-electron chi connectivity index (χ1n) is 8.28. The lowest BCUT2D eigenvalue weighted by atomic mass is 10.0. The third-order valence-electron chi connectivity index (χ3n) is 4.45. The molecule has 1 aliphatic heterocycles. The number of nitrogens with zero attached hydrogens (tertiary/aromatic N) is 1. The minimum Gasteiger partial charge on any atom is -0.463 e. The van der Waals surface area contributed by atoms with Gasteiger partial charge in [-0.3, -0.25) is 4.90 Å². The summed E-state index contributed by atoms with van der Waals surface area (Å²) in [4.78, 5) is 2.36. The van der Waals surface area contributed by atoms with Gasteiger partial charge in [0.2, 0.25) is 0 Å². The van der Waals surface area contributed by atoms with Crippen molar-refractivity contribution in [2.24, 2.45) is 5.92 Å². The van der Waals surface area contributed by atoms with E-state index in [1.165, 1.54) is 31.2 Å². The molecule has 4 heteroatoms. The largest absolute Gasteiger partial charge is 0.463 e. The van der Waals surface area contributed by atoms with Gasteiger partial charge < -0.3 is 14.5 Å². The first kappa shape index (κ1) is 15.1. The lowest BCUT2D eigenvalue weighted by molar-refractivity contribution is 0.0403. The molecule has 1 aromatic heterocycles. The fourth-order valence-corrected chi connectivity index (χ4v) is 3.09. The Morgan fingerprint density at radius 1 is 1.33 bits per heavy atom. The monoisotopic (exact) mass is 292 g/mol. The Labute approximate surface area is 127 Å². The predicted octanol–water partition coefficient (Wildman–Crippen LogP) is 2.70. The quantitative estimate of drug-likeness (QED) is 0.838. The zero-order chi connectivity index (χ0) is 14.7. The van der Waals surface area contributed by atoms with E-state index in [0.29, 0.717) is 5.92 Å². The second-order valence-electron chi connectivity index (χ2n) is 6.75. The number of aryl methyl sites for hydroxylation is 1. The summed E-state index contributed by atoms with van der Waals surface area (Å²) in [5.41, 5.74) is 1.27. The molecule has 2 aliphatic rings. The van der Waals surface area contributed by atoms with Crippen molar-refractivity contribution < 1.29 is 9.15 Å². The maximum absolute atomic E-state index is 6.02. The van der Waals surface area contributed by atoms with Crippen molar-refractivity contribution in [2.75, 3.05) is 26.8 Å². The zero-order valence-corrected chi connectivity index (χ0v) is 13.4. The molecular weight excluding hydrogens is 264 g/mol. The van der Waals surface area contributed by atoms with Gasteiger partial charge in [0.05, 0.1) is 19.7 Å².